The van der Waals surface area contributed by atoms with Crippen molar-refractivity contribution in [1.29, 1.82) is 0 Å². The topological polar surface area (TPSA) is 96.1 Å². The molecule has 1 saturated carbocycles. The van der Waals surface area contributed by atoms with Gasteiger partial charge in [-0.2, -0.15) is 9.97 Å². The van der Waals surface area contributed by atoms with Crippen LogP contribution in [-0.4, -0.2) is 41.9 Å². The van der Waals surface area contributed by atoms with Gasteiger partial charge in [-0.05, 0) is 42.1 Å². The Kier molecular flexibility index (Phi) is 5.19. The fourth-order valence-corrected chi connectivity index (χ4v) is 3.88. The molecule has 2 heterocycles. The zero-order chi connectivity index (χ0) is 19.0. The minimum absolute atomic E-state index is 0.0472. The first-order chi connectivity index (χ1) is 13.0. The average Bonchev–Trinajstić information content (AvgIpc) is 3.18. The minimum atomic E-state index is -0.736. The number of rotatable bonds is 5. The zero-order valence-electron chi connectivity index (χ0n) is 14.4. The van der Waals surface area contributed by atoms with Crippen LogP contribution in [0.15, 0.2) is 30.6 Å². The molecule has 7 nitrogen and oxygen atoms in total. The number of halogens is 2. The Morgan fingerprint density at radius 2 is 2.04 bits per heavy atom. The van der Waals surface area contributed by atoms with Gasteiger partial charge in [0, 0.05) is 24.0 Å². The Labute approximate surface area is 166 Å². The average molecular weight is 408 g/mol. The molecule has 1 aliphatic carbocycles. The Morgan fingerprint density at radius 1 is 1.19 bits per heavy atom. The van der Waals surface area contributed by atoms with Gasteiger partial charge in [0.25, 0.3) is 0 Å². The van der Waals surface area contributed by atoms with Crippen molar-refractivity contribution in [3.63, 3.8) is 0 Å². The highest BCUT2D eigenvalue weighted by Gasteiger charge is 2.33. The highest BCUT2D eigenvalue weighted by molar-refractivity contribution is 6.30. The van der Waals surface area contributed by atoms with Crippen molar-refractivity contribution in [2.75, 3.05) is 5.32 Å². The number of aliphatic hydroxyl groups excluding tert-OH is 2. The summed E-state index contributed by atoms with van der Waals surface area (Å²) in [6.45, 7) is 1.03. The summed E-state index contributed by atoms with van der Waals surface area (Å²) in [6.07, 6.45) is 1.61. The highest BCUT2D eigenvalue weighted by Crippen LogP contribution is 2.29. The van der Waals surface area contributed by atoms with Crippen LogP contribution in [0.1, 0.15) is 18.4 Å². The van der Waals surface area contributed by atoms with Gasteiger partial charge in [-0.15, -0.1) is 0 Å². The standard InChI is InChI=1S/C18H19Cl2N5O2/c19-12-3-1-2-10(6-12)7-21-16-14-17(24-18(20)23-16)25(9-22-14)8-11-4-5-13(26)15(11)27/h1-3,6,9,11,13,15,26-27H,4-5,7-8H2,(H,21,23,24)/t11-,13+,15-/m0/s1. The van der Waals surface area contributed by atoms with E-state index in [9.17, 15) is 10.2 Å². The molecule has 3 N–H and O–H groups in total. The largest absolute Gasteiger partial charge is 0.390 e. The third kappa shape index (κ3) is 3.87. The molecule has 0 unspecified atom stereocenters. The second-order valence-corrected chi connectivity index (χ2v) is 7.56. The van der Waals surface area contributed by atoms with E-state index in [1.54, 1.807) is 6.33 Å². The van der Waals surface area contributed by atoms with E-state index < -0.39 is 12.2 Å². The van der Waals surface area contributed by atoms with Crippen molar-refractivity contribution in [3.05, 3.63) is 46.5 Å². The quantitative estimate of drug-likeness (QED) is 0.562. The predicted octanol–water partition coefficient (Wildman–Crippen LogP) is 2.88. The van der Waals surface area contributed by atoms with E-state index in [1.807, 2.05) is 28.8 Å². The molecule has 0 aliphatic heterocycles. The molecule has 0 spiro atoms. The molecule has 27 heavy (non-hydrogen) atoms. The van der Waals surface area contributed by atoms with Crippen LogP contribution in [0.4, 0.5) is 5.82 Å². The predicted molar refractivity (Wildman–Crippen MR) is 104 cm³/mol. The summed E-state index contributed by atoms with van der Waals surface area (Å²) in [6, 6.07) is 7.54. The molecule has 142 valence electrons. The van der Waals surface area contributed by atoms with E-state index >= 15 is 0 Å². The molecule has 1 aromatic carbocycles. The van der Waals surface area contributed by atoms with Crippen molar-refractivity contribution in [3.8, 4) is 0 Å². The summed E-state index contributed by atoms with van der Waals surface area (Å²) >= 11 is 12.1. The molecule has 2 aromatic heterocycles. The molecule has 1 fully saturated rings. The highest BCUT2D eigenvalue weighted by atomic mass is 35.5. The van der Waals surface area contributed by atoms with E-state index in [0.29, 0.717) is 41.5 Å². The molecule has 3 atom stereocenters. The molecule has 3 aromatic rings. The van der Waals surface area contributed by atoms with E-state index in [1.165, 1.54) is 0 Å². The SMILES string of the molecule is O[C@H]1[C@H](Cn2cnc3c(NCc4cccc(Cl)c4)nc(Cl)nc32)CC[C@H]1O. The summed E-state index contributed by atoms with van der Waals surface area (Å²) < 4.78 is 1.85. The lowest BCUT2D eigenvalue weighted by atomic mass is 10.1. The van der Waals surface area contributed by atoms with Crippen molar-refractivity contribution in [2.45, 2.75) is 38.1 Å². The Bertz CT molecular complexity index is 964. The lowest BCUT2D eigenvalue weighted by Gasteiger charge is -2.17. The maximum absolute atomic E-state index is 10.1. The molecule has 1 aliphatic rings. The maximum atomic E-state index is 10.1. The summed E-state index contributed by atoms with van der Waals surface area (Å²) in [5, 5.41) is 23.9. The lowest BCUT2D eigenvalue weighted by Crippen LogP contribution is -2.27. The van der Waals surface area contributed by atoms with Crippen molar-refractivity contribution in [1.82, 2.24) is 19.5 Å². The van der Waals surface area contributed by atoms with E-state index in [0.717, 1.165) is 12.0 Å². The summed E-state index contributed by atoms with van der Waals surface area (Å²) in [4.78, 5) is 13.0. The van der Waals surface area contributed by atoms with Gasteiger partial charge in [-0.1, -0.05) is 23.7 Å². The maximum Gasteiger partial charge on any atom is 0.226 e. The van der Waals surface area contributed by atoms with E-state index in [-0.39, 0.29) is 11.2 Å². The van der Waals surface area contributed by atoms with Crippen molar-refractivity contribution < 1.29 is 10.2 Å². The van der Waals surface area contributed by atoms with Gasteiger partial charge < -0.3 is 20.1 Å². The van der Waals surface area contributed by atoms with Gasteiger partial charge in [-0.3, -0.25) is 0 Å². The molecular weight excluding hydrogens is 389 g/mol. The number of benzene rings is 1. The summed E-state index contributed by atoms with van der Waals surface area (Å²) in [7, 11) is 0. The first-order valence-corrected chi connectivity index (χ1v) is 9.49. The van der Waals surface area contributed by atoms with Crippen molar-refractivity contribution >= 4 is 40.2 Å². The first-order valence-electron chi connectivity index (χ1n) is 8.74. The van der Waals surface area contributed by atoms with Crippen LogP contribution in [-0.2, 0) is 13.1 Å². The molecule has 0 saturated heterocycles. The third-order valence-electron chi connectivity index (χ3n) is 4.93. The Hall–Kier alpha value is -1.93. The van der Waals surface area contributed by atoms with Gasteiger partial charge >= 0.3 is 0 Å². The third-order valence-corrected chi connectivity index (χ3v) is 5.33. The van der Waals surface area contributed by atoms with Crippen LogP contribution >= 0.6 is 23.2 Å². The lowest BCUT2D eigenvalue weighted by molar-refractivity contribution is 0.0171. The molecule has 9 heteroatoms. The summed E-state index contributed by atoms with van der Waals surface area (Å²) in [5.74, 6) is 0.491. The molecule has 0 amide bonds. The number of aliphatic hydroxyl groups is 2. The number of nitrogens with one attached hydrogen (secondary N) is 1. The van der Waals surface area contributed by atoms with Crippen LogP contribution in [0, 0.1) is 5.92 Å². The zero-order valence-corrected chi connectivity index (χ0v) is 15.9. The number of hydrogen-bond acceptors (Lipinski definition) is 6. The Balaban J connectivity index is 1.58. The second-order valence-electron chi connectivity index (χ2n) is 6.79. The number of hydrogen-bond donors (Lipinski definition) is 3. The van der Waals surface area contributed by atoms with Gasteiger partial charge in [-0.25, -0.2) is 4.98 Å². The number of nitrogens with zero attached hydrogens (tertiary/aromatic N) is 4. The smallest absolute Gasteiger partial charge is 0.226 e. The monoisotopic (exact) mass is 407 g/mol. The number of imidazole rings is 1. The minimum Gasteiger partial charge on any atom is -0.390 e. The number of fused-ring (bicyclic) bond motifs is 1. The molecular formula is C18H19Cl2N5O2. The van der Waals surface area contributed by atoms with Crippen LogP contribution in [0.5, 0.6) is 0 Å². The molecule has 4 rings (SSSR count). The van der Waals surface area contributed by atoms with Crippen LogP contribution < -0.4 is 5.32 Å². The first kappa shape index (κ1) is 18.4. The molecule has 0 bridgehead atoms. The van der Waals surface area contributed by atoms with Crippen LogP contribution in [0.25, 0.3) is 11.2 Å². The Morgan fingerprint density at radius 3 is 2.78 bits per heavy atom. The van der Waals surface area contributed by atoms with Crippen LogP contribution in [0.3, 0.4) is 0 Å². The van der Waals surface area contributed by atoms with Gasteiger partial charge in [0.2, 0.25) is 5.28 Å². The van der Waals surface area contributed by atoms with Gasteiger partial charge in [0.15, 0.2) is 17.0 Å². The second kappa shape index (κ2) is 7.59. The molecule has 0 radical (unpaired) electrons. The van der Waals surface area contributed by atoms with Crippen LogP contribution in [0.2, 0.25) is 10.3 Å². The number of anilines is 1. The van der Waals surface area contributed by atoms with E-state index in [4.69, 9.17) is 23.2 Å². The number of aromatic nitrogens is 4. The van der Waals surface area contributed by atoms with Gasteiger partial charge in [0.05, 0.1) is 18.5 Å². The fraction of sp³-hybridized carbons (Fsp3) is 0.389. The fourth-order valence-electron chi connectivity index (χ4n) is 3.50. The van der Waals surface area contributed by atoms with Gasteiger partial charge in [0.1, 0.15) is 0 Å². The van der Waals surface area contributed by atoms with Crippen molar-refractivity contribution in [2.24, 2.45) is 5.92 Å². The van der Waals surface area contributed by atoms with E-state index in [2.05, 4.69) is 20.3 Å². The normalized spacial score (nSPS) is 22.4. The summed E-state index contributed by atoms with van der Waals surface area (Å²) in [5.41, 5.74) is 2.21.